The number of rotatable bonds is 9. The van der Waals surface area contributed by atoms with Gasteiger partial charge >= 0.3 is 0 Å². The first-order valence-electron chi connectivity index (χ1n) is 37.2. The van der Waals surface area contributed by atoms with E-state index in [1.54, 1.807) is 0 Å². The Morgan fingerprint density at radius 2 is 0.303 bits per heavy atom. The molecule has 0 fully saturated rings. The van der Waals surface area contributed by atoms with Crippen LogP contribution < -0.4 is 0 Å². The zero-order chi connectivity index (χ0) is 74.7. The number of hydrogen-bond donors (Lipinski definition) is 0. The number of benzene rings is 10. The first-order chi connectivity index (χ1) is 46.3. The first-order valence-corrected chi connectivity index (χ1v) is 37.2. The molecule has 0 saturated heterocycles. The largest absolute Gasteiger partial charge is 0.0622 e. The van der Waals surface area contributed by atoms with E-state index in [0.717, 1.165) is 19.3 Å². The number of hydrogen-bond acceptors (Lipinski definition) is 0. The van der Waals surface area contributed by atoms with Crippen LogP contribution in [0.25, 0.3) is 10.8 Å². The summed E-state index contributed by atoms with van der Waals surface area (Å²) in [5, 5.41) is 2.97. The van der Waals surface area contributed by atoms with Gasteiger partial charge in [0.25, 0.3) is 0 Å². The smallest absolute Gasteiger partial charge is 0.00149 e. The van der Waals surface area contributed by atoms with Crippen molar-refractivity contribution in [3.63, 3.8) is 0 Å². The van der Waals surface area contributed by atoms with E-state index < -0.39 is 0 Å². The van der Waals surface area contributed by atoms with E-state index in [-0.39, 0.29) is 0 Å². The molecule has 0 aliphatic rings. The molecule has 0 bridgehead atoms. The number of aryl methyl sites for hydroxylation is 7. The van der Waals surface area contributed by atoms with E-state index in [2.05, 4.69) is 327 Å². The van der Waals surface area contributed by atoms with E-state index in [9.17, 15) is 0 Å². The Morgan fingerprint density at radius 1 is 0.162 bits per heavy atom. The van der Waals surface area contributed by atoms with E-state index in [1.807, 2.05) is 6.07 Å². The highest BCUT2D eigenvalue weighted by molar-refractivity contribution is 5.97. The molecule has 10 aromatic rings. The molecular weight excluding hydrogens is 1190 g/mol. The van der Waals surface area contributed by atoms with Crippen LogP contribution in [0.3, 0.4) is 0 Å². The first kappa shape index (κ1) is 82.1. The maximum atomic E-state index is 2.29. The summed E-state index contributed by atoms with van der Waals surface area (Å²) in [4.78, 5) is 0. The predicted octanol–water partition coefficient (Wildman–Crippen LogP) is 27.7. The molecule has 0 aliphatic carbocycles. The lowest BCUT2D eigenvalue weighted by Gasteiger charge is -2.23. The van der Waals surface area contributed by atoms with Crippen LogP contribution in [-0.4, -0.2) is 0 Å². The summed E-state index contributed by atoms with van der Waals surface area (Å²) >= 11 is 0. The molecule has 10 aromatic carbocycles. The average Bonchev–Trinajstić information content (AvgIpc) is 0.748. The number of fused-ring (bicyclic) bond motifs is 1. The minimum atomic E-state index is 1.05. The Labute approximate surface area is 607 Å². The van der Waals surface area contributed by atoms with Crippen LogP contribution in [0.4, 0.5) is 0 Å². The van der Waals surface area contributed by atoms with Gasteiger partial charge in [-0.1, -0.05) is 97.9 Å². The van der Waals surface area contributed by atoms with Gasteiger partial charge in [0.15, 0.2) is 0 Å². The Bertz CT molecular complexity index is 3860. The second-order valence-electron chi connectivity index (χ2n) is 29.9. The third-order valence-electron chi connectivity index (χ3n) is 25.7. The van der Waals surface area contributed by atoms with Gasteiger partial charge in [0.05, 0.1) is 0 Å². The summed E-state index contributed by atoms with van der Waals surface area (Å²) in [6.07, 6.45) is 6.83. The fourth-order valence-corrected chi connectivity index (χ4v) is 15.1. The van der Waals surface area contributed by atoms with Gasteiger partial charge in [0.1, 0.15) is 0 Å². The monoisotopic (exact) mass is 1320 g/mol. The van der Waals surface area contributed by atoms with Crippen molar-refractivity contribution in [1.82, 2.24) is 0 Å². The lowest BCUT2D eigenvalue weighted by atomic mass is 9.82. The summed E-state index contributed by atoms with van der Waals surface area (Å²) in [6, 6.07) is 31.8. The van der Waals surface area contributed by atoms with Gasteiger partial charge in [-0.15, -0.1) is 0 Å². The van der Waals surface area contributed by atoms with Crippen LogP contribution in [0.15, 0.2) is 91.0 Å². The molecule has 0 saturated carbocycles. The fourth-order valence-electron chi connectivity index (χ4n) is 15.1. The second-order valence-corrected chi connectivity index (χ2v) is 29.9. The van der Waals surface area contributed by atoms with E-state index in [1.165, 1.54) is 258 Å². The van der Waals surface area contributed by atoms with Crippen LogP contribution in [0.1, 0.15) is 241 Å². The Kier molecular flexibility index (Phi) is 29.6. The van der Waals surface area contributed by atoms with Crippen LogP contribution in [0, 0.1) is 235 Å². The minimum Gasteiger partial charge on any atom is -0.0622 e. The standard InChI is InChI=1S/2C23H32.C18H24.C15H16.C12H18.C8H10/c2*1-12-14(3)18(7)22(19(8)15(12)4)11-23-20(9)16(5)13(2)17(6)21(23)10;1-9-10(2)14(6)18-16(8)12(4)11(3)15(7)17(18)13(9)5;1-3-8-14(9-4-1)12-7-13-15-10-5-2-6-11-15;1-7-8(2)10(4)12(6)11(5)9(7)3;1-2-8-6-4-3-5-7-8/h2*11H2,1-10H3;1-8H3;1-6,8-11H,7,12-13H2;1-6H3;3-7H,2H2,1H3. The van der Waals surface area contributed by atoms with Crippen molar-refractivity contribution < 1.29 is 0 Å². The van der Waals surface area contributed by atoms with Gasteiger partial charge < -0.3 is 0 Å². The van der Waals surface area contributed by atoms with Crippen molar-refractivity contribution in [3.8, 4) is 0 Å². The summed E-state index contributed by atoms with van der Waals surface area (Å²) < 4.78 is 0. The lowest BCUT2D eigenvalue weighted by molar-refractivity contribution is 0.821. The Balaban J connectivity index is 0.000000220. The zero-order valence-corrected chi connectivity index (χ0v) is 69.4. The van der Waals surface area contributed by atoms with E-state index in [0.29, 0.717) is 0 Å². The van der Waals surface area contributed by atoms with Gasteiger partial charge in [-0.2, -0.15) is 0 Å². The molecule has 0 spiro atoms. The molecule has 0 nitrogen and oxygen atoms in total. The third kappa shape index (κ3) is 18.3. The maximum absolute atomic E-state index is 2.29. The van der Waals surface area contributed by atoms with Crippen LogP contribution in [-0.2, 0) is 32.1 Å². The van der Waals surface area contributed by atoms with E-state index in [4.69, 9.17) is 0 Å². The molecular formula is C99H132. The van der Waals surface area contributed by atoms with Gasteiger partial charge in [0, 0.05) is 0 Å². The Hall–Kier alpha value is -7.54. The topological polar surface area (TPSA) is 0 Å². The normalized spacial score (nSPS) is 10.8. The van der Waals surface area contributed by atoms with Crippen molar-refractivity contribution in [3.05, 3.63) is 319 Å². The highest BCUT2D eigenvalue weighted by atomic mass is 14.3. The quantitative estimate of drug-likeness (QED) is 0.135. The average molecular weight is 1320 g/mol. The second kappa shape index (κ2) is 35.7. The minimum absolute atomic E-state index is 1.05. The van der Waals surface area contributed by atoms with Crippen molar-refractivity contribution in [2.24, 2.45) is 0 Å². The molecule has 0 atom stereocenters. The van der Waals surface area contributed by atoms with Crippen molar-refractivity contribution in [2.45, 2.75) is 281 Å². The van der Waals surface area contributed by atoms with Gasteiger partial charge in [-0.3, -0.25) is 0 Å². The van der Waals surface area contributed by atoms with Crippen LogP contribution in [0.2, 0.25) is 0 Å². The van der Waals surface area contributed by atoms with Crippen molar-refractivity contribution in [1.29, 1.82) is 0 Å². The lowest BCUT2D eigenvalue weighted by Crippen LogP contribution is -2.08. The molecule has 0 aromatic heterocycles. The third-order valence-corrected chi connectivity index (χ3v) is 25.7. The molecule has 0 N–H and O–H groups in total. The van der Waals surface area contributed by atoms with Gasteiger partial charge in [-0.05, 0) is 513 Å². The molecule has 0 aliphatic heterocycles. The highest BCUT2D eigenvalue weighted by Gasteiger charge is 2.21. The molecule has 99 heavy (non-hydrogen) atoms. The van der Waals surface area contributed by atoms with Crippen molar-refractivity contribution in [2.75, 3.05) is 0 Å². The summed E-state index contributed by atoms with van der Waals surface area (Å²) in [5.41, 5.74) is 60.0. The van der Waals surface area contributed by atoms with Gasteiger partial charge in [-0.25, -0.2) is 0 Å². The molecule has 0 amide bonds. The van der Waals surface area contributed by atoms with Crippen LogP contribution in [0.5, 0.6) is 0 Å². The zero-order valence-electron chi connectivity index (χ0n) is 69.4. The summed E-state index contributed by atoms with van der Waals surface area (Å²) in [7, 11) is 0. The molecule has 0 heterocycles. The summed E-state index contributed by atoms with van der Waals surface area (Å²) in [5.74, 6) is 0. The molecule has 0 unspecified atom stereocenters. The molecule has 0 heteroatoms. The van der Waals surface area contributed by atoms with Gasteiger partial charge in [0.2, 0.25) is 0 Å². The van der Waals surface area contributed by atoms with Crippen LogP contribution >= 0.6 is 0 Å². The van der Waals surface area contributed by atoms with Crippen molar-refractivity contribution >= 4 is 10.8 Å². The highest BCUT2D eigenvalue weighted by Crippen LogP contribution is 2.39. The Morgan fingerprint density at radius 3 is 0.455 bits per heavy atom. The molecule has 0 radical (unpaired) electrons. The van der Waals surface area contributed by atoms with E-state index >= 15 is 0 Å². The molecule has 10 rings (SSSR count). The SMILES string of the molecule is CCc1ccccc1.Cc1c(C)c(C)c(C)c(C)c1C.Cc1c(C)c(C)c(Cc2c(C)c(C)c(C)c(C)c2C)c(C)c1C.Cc1c(C)c(C)c(Cc2c(C)c(C)c(C)c(C)c2C)c(C)c1C.Cc1c(C)c(C)c2c(C)c(C)c(C)c(C)c2c1C.c1ccc(CCCc2ccccc2)cc1. The fraction of sp³-hybridized carbons (Fsp3) is 0.414. The maximum Gasteiger partial charge on any atom is -0.00149 e. The summed E-state index contributed by atoms with van der Waals surface area (Å²) in [6.45, 7) is 79.1. The molecule has 528 valence electrons. The predicted molar refractivity (Wildman–Crippen MR) is 444 cm³/mol.